The summed E-state index contributed by atoms with van der Waals surface area (Å²) < 4.78 is 0. The molecule has 0 bridgehead atoms. The Morgan fingerprint density at radius 2 is 2.26 bits per heavy atom. The smallest absolute Gasteiger partial charge is 0.0753 e. The van der Waals surface area contributed by atoms with Crippen LogP contribution in [0.4, 0.5) is 5.69 Å². The standard InChI is InChI=1S/C15H20N4/c1-18-9-3-4-12(18)11-19(2)15-6-8-17-14-5-7-16-10-13(14)15/h5-8,10,12H,3-4,9,11H2,1-2H3. The molecule has 19 heavy (non-hydrogen) atoms. The number of pyridine rings is 2. The lowest BCUT2D eigenvalue weighted by atomic mass is 10.1. The van der Waals surface area contributed by atoms with E-state index in [0.29, 0.717) is 6.04 Å². The number of anilines is 1. The first-order valence-electron chi connectivity index (χ1n) is 6.86. The van der Waals surface area contributed by atoms with Gasteiger partial charge in [-0.2, -0.15) is 0 Å². The highest BCUT2D eigenvalue weighted by molar-refractivity contribution is 5.90. The van der Waals surface area contributed by atoms with Crippen LogP contribution in [0.1, 0.15) is 12.8 Å². The van der Waals surface area contributed by atoms with Crippen LogP contribution in [-0.4, -0.2) is 48.1 Å². The van der Waals surface area contributed by atoms with Crippen LogP contribution in [0.5, 0.6) is 0 Å². The number of likely N-dealkylation sites (tertiary alicyclic amines) is 1. The van der Waals surface area contributed by atoms with E-state index in [-0.39, 0.29) is 0 Å². The number of hydrogen-bond acceptors (Lipinski definition) is 4. The van der Waals surface area contributed by atoms with Gasteiger partial charge in [0.2, 0.25) is 0 Å². The number of rotatable bonds is 3. The van der Waals surface area contributed by atoms with E-state index in [2.05, 4.69) is 39.9 Å². The number of aromatic nitrogens is 2. The van der Waals surface area contributed by atoms with Gasteiger partial charge < -0.3 is 9.80 Å². The second-order valence-electron chi connectivity index (χ2n) is 5.38. The van der Waals surface area contributed by atoms with Gasteiger partial charge in [0.15, 0.2) is 0 Å². The van der Waals surface area contributed by atoms with E-state index < -0.39 is 0 Å². The molecule has 0 aliphatic carbocycles. The summed E-state index contributed by atoms with van der Waals surface area (Å²) in [4.78, 5) is 13.4. The molecule has 0 amide bonds. The summed E-state index contributed by atoms with van der Waals surface area (Å²) in [5, 5.41) is 1.13. The molecule has 3 rings (SSSR count). The Balaban J connectivity index is 1.87. The molecule has 0 radical (unpaired) electrons. The van der Waals surface area contributed by atoms with Gasteiger partial charge in [0.1, 0.15) is 0 Å². The molecule has 1 aliphatic rings. The zero-order chi connectivity index (χ0) is 13.2. The molecule has 3 heterocycles. The van der Waals surface area contributed by atoms with Gasteiger partial charge in [-0.25, -0.2) is 0 Å². The first-order chi connectivity index (χ1) is 9.25. The fourth-order valence-electron chi connectivity index (χ4n) is 2.93. The largest absolute Gasteiger partial charge is 0.372 e. The minimum atomic E-state index is 0.657. The van der Waals surface area contributed by atoms with Gasteiger partial charge in [-0.15, -0.1) is 0 Å². The van der Waals surface area contributed by atoms with Crippen molar-refractivity contribution in [3.8, 4) is 0 Å². The number of likely N-dealkylation sites (N-methyl/N-ethyl adjacent to an activating group) is 2. The second kappa shape index (κ2) is 5.13. The maximum absolute atomic E-state index is 4.39. The number of hydrogen-bond donors (Lipinski definition) is 0. The summed E-state index contributed by atoms with van der Waals surface area (Å²) in [6.45, 7) is 2.28. The summed E-state index contributed by atoms with van der Waals surface area (Å²) in [6.07, 6.45) is 8.19. The second-order valence-corrected chi connectivity index (χ2v) is 5.38. The molecule has 4 nitrogen and oxygen atoms in total. The topological polar surface area (TPSA) is 32.3 Å². The Labute approximate surface area is 114 Å². The summed E-state index contributed by atoms with van der Waals surface area (Å²) in [5.41, 5.74) is 2.23. The lowest BCUT2D eigenvalue weighted by Gasteiger charge is -2.28. The molecule has 0 spiro atoms. The molecule has 0 N–H and O–H groups in total. The summed E-state index contributed by atoms with van der Waals surface area (Å²) in [7, 11) is 4.38. The van der Waals surface area contributed by atoms with Crippen molar-refractivity contribution in [3.05, 3.63) is 30.7 Å². The van der Waals surface area contributed by atoms with Crippen LogP contribution in [0.2, 0.25) is 0 Å². The van der Waals surface area contributed by atoms with Crippen LogP contribution in [0.3, 0.4) is 0 Å². The first-order valence-corrected chi connectivity index (χ1v) is 6.86. The van der Waals surface area contributed by atoms with Crippen LogP contribution >= 0.6 is 0 Å². The molecule has 1 saturated heterocycles. The fraction of sp³-hybridized carbons (Fsp3) is 0.467. The van der Waals surface area contributed by atoms with E-state index in [0.717, 1.165) is 17.4 Å². The lowest BCUT2D eigenvalue weighted by molar-refractivity contribution is 0.314. The molecule has 1 atom stereocenters. The fourth-order valence-corrected chi connectivity index (χ4v) is 2.93. The van der Waals surface area contributed by atoms with Gasteiger partial charge >= 0.3 is 0 Å². The van der Waals surface area contributed by atoms with Gasteiger partial charge in [0.25, 0.3) is 0 Å². The van der Waals surface area contributed by atoms with Gasteiger partial charge in [0.05, 0.1) is 5.52 Å². The molecule has 1 aliphatic heterocycles. The lowest BCUT2D eigenvalue weighted by Crippen LogP contribution is -2.36. The Hall–Kier alpha value is -1.68. The van der Waals surface area contributed by atoms with Crippen molar-refractivity contribution >= 4 is 16.6 Å². The van der Waals surface area contributed by atoms with Crippen LogP contribution in [-0.2, 0) is 0 Å². The van der Waals surface area contributed by atoms with Gasteiger partial charge in [-0.1, -0.05) is 0 Å². The molecule has 100 valence electrons. The molecule has 1 fully saturated rings. The van der Waals surface area contributed by atoms with E-state index in [9.17, 15) is 0 Å². The highest BCUT2D eigenvalue weighted by Gasteiger charge is 2.22. The third-order valence-corrected chi connectivity index (χ3v) is 4.09. The Kier molecular flexibility index (Phi) is 3.34. The van der Waals surface area contributed by atoms with Crippen molar-refractivity contribution in [2.75, 3.05) is 32.1 Å². The molecule has 1 unspecified atom stereocenters. The minimum Gasteiger partial charge on any atom is -0.372 e. The maximum atomic E-state index is 4.39. The van der Waals surface area contributed by atoms with Gasteiger partial charge in [0, 0.05) is 49.3 Å². The van der Waals surface area contributed by atoms with Crippen molar-refractivity contribution in [1.29, 1.82) is 0 Å². The van der Waals surface area contributed by atoms with E-state index in [1.807, 2.05) is 18.5 Å². The van der Waals surface area contributed by atoms with Crippen LogP contribution in [0.15, 0.2) is 30.7 Å². The zero-order valence-corrected chi connectivity index (χ0v) is 11.6. The average molecular weight is 256 g/mol. The number of nitrogens with zero attached hydrogens (tertiary/aromatic N) is 4. The van der Waals surface area contributed by atoms with E-state index in [1.165, 1.54) is 25.1 Å². The SMILES string of the molecule is CN(CC1CCCN1C)c1ccnc2ccncc12. The van der Waals surface area contributed by atoms with Crippen molar-refractivity contribution in [2.45, 2.75) is 18.9 Å². The van der Waals surface area contributed by atoms with Gasteiger partial charge in [-0.3, -0.25) is 9.97 Å². The predicted octanol–water partition coefficient (Wildman–Crippen LogP) is 2.16. The molecular weight excluding hydrogens is 236 g/mol. The molecule has 0 aromatic carbocycles. The number of fused-ring (bicyclic) bond motifs is 1. The third-order valence-electron chi connectivity index (χ3n) is 4.09. The Morgan fingerprint density at radius 3 is 3.05 bits per heavy atom. The van der Waals surface area contributed by atoms with Crippen LogP contribution in [0, 0.1) is 0 Å². The third kappa shape index (κ3) is 2.40. The highest BCUT2D eigenvalue weighted by Crippen LogP contribution is 2.25. The first kappa shape index (κ1) is 12.4. The molecule has 2 aromatic rings. The molecule has 2 aromatic heterocycles. The van der Waals surface area contributed by atoms with E-state index in [4.69, 9.17) is 0 Å². The van der Waals surface area contributed by atoms with E-state index >= 15 is 0 Å². The maximum Gasteiger partial charge on any atom is 0.0753 e. The van der Waals surface area contributed by atoms with Crippen molar-refractivity contribution in [1.82, 2.24) is 14.9 Å². The highest BCUT2D eigenvalue weighted by atomic mass is 15.2. The molecular formula is C15H20N4. The van der Waals surface area contributed by atoms with E-state index in [1.54, 1.807) is 6.20 Å². The van der Waals surface area contributed by atoms with Gasteiger partial charge in [-0.05, 0) is 38.6 Å². The summed E-state index contributed by atoms with van der Waals surface area (Å²) in [6, 6.07) is 4.71. The Bertz CT molecular complexity index is 564. The summed E-state index contributed by atoms with van der Waals surface area (Å²) in [5.74, 6) is 0. The van der Waals surface area contributed by atoms with Crippen molar-refractivity contribution < 1.29 is 0 Å². The monoisotopic (exact) mass is 256 g/mol. The average Bonchev–Trinajstić information content (AvgIpc) is 2.83. The molecule has 4 heteroatoms. The normalized spacial score (nSPS) is 20.0. The predicted molar refractivity (Wildman–Crippen MR) is 78.5 cm³/mol. The quantitative estimate of drug-likeness (QED) is 0.842. The van der Waals surface area contributed by atoms with Crippen LogP contribution in [0.25, 0.3) is 10.9 Å². The minimum absolute atomic E-state index is 0.657. The van der Waals surface area contributed by atoms with Crippen molar-refractivity contribution in [3.63, 3.8) is 0 Å². The van der Waals surface area contributed by atoms with Crippen LogP contribution < -0.4 is 4.90 Å². The van der Waals surface area contributed by atoms with Crippen molar-refractivity contribution in [2.24, 2.45) is 0 Å². The summed E-state index contributed by atoms with van der Waals surface area (Å²) >= 11 is 0. The Morgan fingerprint density at radius 1 is 1.37 bits per heavy atom. The zero-order valence-electron chi connectivity index (χ0n) is 11.6. The molecule has 0 saturated carbocycles.